The lowest BCUT2D eigenvalue weighted by atomic mass is 10.2. The molecule has 1 heterocycles. The van der Waals surface area contributed by atoms with E-state index in [0.717, 1.165) is 26.3 Å². The maximum absolute atomic E-state index is 12.4. The lowest BCUT2D eigenvalue weighted by molar-refractivity contribution is 0.102. The summed E-state index contributed by atoms with van der Waals surface area (Å²) in [6.07, 6.45) is 0. The van der Waals surface area contributed by atoms with Gasteiger partial charge in [-0.25, -0.2) is 9.97 Å². The molecule has 0 saturated heterocycles. The maximum Gasteiger partial charge on any atom is 0.255 e. The summed E-state index contributed by atoms with van der Waals surface area (Å²) in [5, 5.41) is 6.07. The van der Waals surface area contributed by atoms with Crippen LogP contribution in [0.1, 0.15) is 21.7 Å². The first kappa shape index (κ1) is 17.3. The van der Waals surface area contributed by atoms with Gasteiger partial charge < -0.3 is 10.6 Å². The molecule has 6 heteroatoms. The lowest BCUT2D eigenvalue weighted by Crippen LogP contribution is -2.12. The van der Waals surface area contributed by atoms with Gasteiger partial charge in [0, 0.05) is 26.2 Å². The fourth-order valence-electron chi connectivity index (χ4n) is 2.37. The molecule has 0 aliphatic carbocycles. The number of aryl methyl sites for hydroxylation is 2. The van der Waals surface area contributed by atoms with Crippen molar-refractivity contribution in [1.82, 2.24) is 9.97 Å². The number of rotatable bonds is 4. The maximum atomic E-state index is 12.4. The molecule has 5 nitrogen and oxygen atoms in total. The summed E-state index contributed by atoms with van der Waals surface area (Å²) in [4.78, 5) is 21.1. The number of para-hydroxylation sites is 1. The third-order valence-electron chi connectivity index (χ3n) is 3.51. The van der Waals surface area contributed by atoms with E-state index in [0.29, 0.717) is 11.5 Å². The number of benzene rings is 2. The number of hydrogen-bond donors (Lipinski definition) is 2. The number of aromatic nitrogens is 2. The second-order valence-electron chi connectivity index (χ2n) is 5.61. The van der Waals surface area contributed by atoms with Gasteiger partial charge in [-0.3, -0.25) is 4.79 Å². The van der Waals surface area contributed by atoms with E-state index in [1.165, 1.54) is 0 Å². The molecule has 0 unspecified atom stereocenters. The first-order valence-corrected chi connectivity index (χ1v) is 8.84. The molecule has 0 radical (unpaired) electrons. The zero-order valence-electron chi connectivity index (χ0n) is 13.9. The number of amides is 1. The highest BCUT2D eigenvalue weighted by atomic mass is 127. The van der Waals surface area contributed by atoms with Gasteiger partial charge in [0.25, 0.3) is 5.91 Å². The number of nitrogens with zero attached hydrogens (tertiary/aromatic N) is 2. The third kappa shape index (κ3) is 4.54. The number of carbonyl (C=O) groups is 1. The number of hydrogen-bond acceptors (Lipinski definition) is 4. The van der Waals surface area contributed by atoms with Gasteiger partial charge in [0.05, 0.1) is 5.69 Å². The van der Waals surface area contributed by atoms with Crippen molar-refractivity contribution in [3.63, 3.8) is 0 Å². The SMILES string of the molecule is Cc1cc(C)nc(Nc2ccc(C(=O)Nc3ccccc3I)cc2)n1. The molecule has 3 aromatic rings. The molecular weight excluding hydrogens is 427 g/mol. The number of carbonyl (C=O) groups excluding carboxylic acids is 1. The molecule has 0 aliphatic heterocycles. The van der Waals surface area contributed by atoms with Gasteiger partial charge in [0.15, 0.2) is 0 Å². The number of nitrogens with one attached hydrogen (secondary N) is 2. The second kappa shape index (κ2) is 7.60. The van der Waals surface area contributed by atoms with Crippen molar-refractivity contribution in [2.24, 2.45) is 0 Å². The van der Waals surface area contributed by atoms with Crippen LogP contribution < -0.4 is 10.6 Å². The minimum Gasteiger partial charge on any atom is -0.324 e. The Balaban J connectivity index is 1.71. The largest absolute Gasteiger partial charge is 0.324 e. The van der Waals surface area contributed by atoms with Crippen LogP contribution in [-0.2, 0) is 0 Å². The first-order chi connectivity index (χ1) is 12.0. The quantitative estimate of drug-likeness (QED) is 0.573. The fraction of sp³-hybridized carbons (Fsp3) is 0.105. The van der Waals surface area contributed by atoms with Crippen LogP contribution in [0.2, 0.25) is 0 Å². The number of halogens is 1. The Kier molecular flexibility index (Phi) is 5.28. The third-order valence-corrected chi connectivity index (χ3v) is 4.45. The highest BCUT2D eigenvalue weighted by Crippen LogP contribution is 2.19. The van der Waals surface area contributed by atoms with Gasteiger partial charge in [0.2, 0.25) is 5.95 Å². The minimum absolute atomic E-state index is 0.140. The lowest BCUT2D eigenvalue weighted by Gasteiger charge is -2.09. The van der Waals surface area contributed by atoms with Crippen molar-refractivity contribution in [3.05, 3.63) is 75.1 Å². The average molecular weight is 444 g/mol. The van der Waals surface area contributed by atoms with E-state index in [1.54, 1.807) is 12.1 Å². The molecule has 25 heavy (non-hydrogen) atoms. The molecule has 0 spiro atoms. The van der Waals surface area contributed by atoms with Gasteiger partial charge in [-0.1, -0.05) is 12.1 Å². The van der Waals surface area contributed by atoms with Crippen LogP contribution in [0.25, 0.3) is 0 Å². The monoisotopic (exact) mass is 444 g/mol. The molecule has 0 aliphatic rings. The molecule has 0 bridgehead atoms. The van der Waals surface area contributed by atoms with Crippen molar-refractivity contribution in [2.45, 2.75) is 13.8 Å². The van der Waals surface area contributed by atoms with Gasteiger partial charge in [-0.2, -0.15) is 0 Å². The highest BCUT2D eigenvalue weighted by molar-refractivity contribution is 14.1. The average Bonchev–Trinajstić information content (AvgIpc) is 2.56. The molecule has 3 rings (SSSR count). The van der Waals surface area contributed by atoms with E-state index in [4.69, 9.17) is 0 Å². The highest BCUT2D eigenvalue weighted by Gasteiger charge is 2.08. The minimum atomic E-state index is -0.140. The Labute approximate surface area is 160 Å². The van der Waals surface area contributed by atoms with Crippen molar-refractivity contribution in [1.29, 1.82) is 0 Å². The summed E-state index contributed by atoms with van der Waals surface area (Å²) in [5.74, 6) is 0.409. The van der Waals surface area contributed by atoms with Crippen LogP contribution in [-0.4, -0.2) is 15.9 Å². The normalized spacial score (nSPS) is 10.4. The van der Waals surface area contributed by atoms with Crippen LogP contribution in [0.5, 0.6) is 0 Å². The molecule has 0 atom stereocenters. The molecular formula is C19H17IN4O. The summed E-state index contributed by atoms with van der Waals surface area (Å²) in [6, 6.07) is 16.8. The second-order valence-corrected chi connectivity index (χ2v) is 6.77. The zero-order valence-corrected chi connectivity index (χ0v) is 16.0. The molecule has 0 fully saturated rings. The van der Waals surface area contributed by atoms with E-state index >= 15 is 0 Å². The summed E-state index contributed by atoms with van der Waals surface area (Å²) < 4.78 is 0.999. The van der Waals surface area contributed by atoms with Crippen LogP contribution in [0.3, 0.4) is 0 Å². The predicted molar refractivity (Wildman–Crippen MR) is 108 cm³/mol. The number of anilines is 3. The smallest absolute Gasteiger partial charge is 0.255 e. The van der Waals surface area contributed by atoms with E-state index in [9.17, 15) is 4.79 Å². The Bertz CT molecular complexity index is 889. The van der Waals surface area contributed by atoms with E-state index in [1.807, 2.05) is 56.3 Å². The van der Waals surface area contributed by atoms with Crippen molar-refractivity contribution < 1.29 is 4.79 Å². The Morgan fingerprint density at radius 3 is 2.24 bits per heavy atom. The Morgan fingerprint density at radius 1 is 0.960 bits per heavy atom. The van der Waals surface area contributed by atoms with Crippen LogP contribution in [0.4, 0.5) is 17.3 Å². The zero-order chi connectivity index (χ0) is 17.8. The molecule has 1 aromatic heterocycles. The molecule has 1 amide bonds. The molecule has 0 saturated carbocycles. The van der Waals surface area contributed by atoms with E-state index in [2.05, 4.69) is 43.2 Å². The van der Waals surface area contributed by atoms with E-state index in [-0.39, 0.29) is 5.91 Å². The van der Waals surface area contributed by atoms with Crippen molar-refractivity contribution in [3.8, 4) is 0 Å². The molecule has 2 N–H and O–H groups in total. The van der Waals surface area contributed by atoms with Crippen molar-refractivity contribution in [2.75, 3.05) is 10.6 Å². The van der Waals surface area contributed by atoms with Crippen LogP contribution in [0.15, 0.2) is 54.6 Å². The predicted octanol–water partition coefficient (Wildman–Crippen LogP) is 4.69. The van der Waals surface area contributed by atoms with Gasteiger partial charge in [-0.05, 0) is 78.9 Å². The van der Waals surface area contributed by atoms with Gasteiger partial charge in [0.1, 0.15) is 0 Å². The summed E-state index contributed by atoms with van der Waals surface area (Å²) in [7, 11) is 0. The topological polar surface area (TPSA) is 66.9 Å². The molecule has 2 aromatic carbocycles. The van der Waals surface area contributed by atoms with Crippen LogP contribution >= 0.6 is 22.6 Å². The summed E-state index contributed by atoms with van der Waals surface area (Å²) in [6.45, 7) is 3.86. The van der Waals surface area contributed by atoms with Crippen LogP contribution in [0, 0.1) is 17.4 Å². The molecule has 126 valence electrons. The summed E-state index contributed by atoms with van der Waals surface area (Å²) >= 11 is 2.20. The first-order valence-electron chi connectivity index (χ1n) is 7.76. The van der Waals surface area contributed by atoms with Crippen molar-refractivity contribution >= 4 is 45.8 Å². The van der Waals surface area contributed by atoms with E-state index < -0.39 is 0 Å². The Hall–Kier alpha value is -2.48. The van der Waals surface area contributed by atoms with Gasteiger partial charge in [-0.15, -0.1) is 0 Å². The standard InChI is InChI=1S/C19H17IN4O/c1-12-11-13(2)22-19(21-12)23-15-9-7-14(8-10-15)18(25)24-17-6-4-3-5-16(17)20/h3-11H,1-2H3,(H,24,25)(H,21,22,23). The summed E-state index contributed by atoms with van der Waals surface area (Å²) in [5.41, 5.74) is 4.04. The fourth-order valence-corrected chi connectivity index (χ4v) is 2.90. The Morgan fingerprint density at radius 2 is 1.60 bits per heavy atom. The van der Waals surface area contributed by atoms with Gasteiger partial charge >= 0.3 is 0 Å².